The summed E-state index contributed by atoms with van der Waals surface area (Å²) in [6, 6.07) is 3.72. The summed E-state index contributed by atoms with van der Waals surface area (Å²) in [4.78, 5) is 8.83. The minimum Gasteiger partial charge on any atom is -0.491 e. The van der Waals surface area contributed by atoms with Crippen LogP contribution in [0.25, 0.3) is 28.2 Å². The number of thiol groups is 1. The van der Waals surface area contributed by atoms with Gasteiger partial charge in [0, 0.05) is 30.5 Å². The van der Waals surface area contributed by atoms with Gasteiger partial charge in [0.1, 0.15) is 15.9 Å². The molecule has 32 heavy (non-hydrogen) atoms. The van der Waals surface area contributed by atoms with Crippen molar-refractivity contribution in [1.29, 1.82) is 0 Å². The van der Waals surface area contributed by atoms with Crippen LogP contribution in [-0.4, -0.2) is 49.3 Å². The van der Waals surface area contributed by atoms with E-state index in [-0.39, 0.29) is 0 Å². The summed E-state index contributed by atoms with van der Waals surface area (Å²) in [6.07, 6.45) is 7.44. The molecular formula is C21H21BrN6O3S. The smallest absolute Gasteiger partial charge is 0.218 e. The molecule has 0 aliphatic carbocycles. The molecule has 0 unspecified atom stereocenters. The zero-order valence-electron chi connectivity index (χ0n) is 17.5. The summed E-state index contributed by atoms with van der Waals surface area (Å²) in [5, 5.41) is 9.31. The molecule has 0 atom stereocenters. The van der Waals surface area contributed by atoms with E-state index >= 15 is 0 Å². The highest BCUT2D eigenvalue weighted by atomic mass is 79.9. The van der Waals surface area contributed by atoms with Crippen molar-refractivity contribution in [3.63, 3.8) is 0 Å². The van der Waals surface area contributed by atoms with Gasteiger partial charge in [0.05, 0.1) is 50.2 Å². The largest absolute Gasteiger partial charge is 0.491 e. The molecule has 166 valence electrons. The third kappa shape index (κ3) is 4.44. The van der Waals surface area contributed by atoms with Crippen LogP contribution in [0.5, 0.6) is 17.5 Å². The number of pyridine rings is 2. The maximum absolute atomic E-state index is 6.02. The van der Waals surface area contributed by atoms with Gasteiger partial charge >= 0.3 is 0 Å². The van der Waals surface area contributed by atoms with Crippen LogP contribution in [0.3, 0.4) is 0 Å². The first-order chi connectivity index (χ1) is 15.5. The van der Waals surface area contributed by atoms with Crippen molar-refractivity contribution >= 4 is 45.7 Å². The van der Waals surface area contributed by atoms with Crippen molar-refractivity contribution in [2.24, 2.45) is 7.05 Å². The van der Waals surface area contributed by atoms with E-state index in [1.54, 1.807) is 42.5 Å². The molecular weight excluding hydrogens is 496 g/mol. The van der Waals surface area contributed by atoms with Gasteiger partial charge in [-0.15, -0.1) is 0 Å². The molecule has 4 aromatic rings. The van der Waals surface area contributed by atoms with Crippen LogP contribution >= 0.6 is 28.7 Å². The van der Waals surface area contributed by atoms with Gasteiger partial charge in [-0.25, -0.2) is 13.8 Å². The Morgan fingerprint density at radius 1 is 1.16 bits per heavy atom. The molecule has 0 saturated heterocycles. The second-order valence-corrected chi connectivity index (χ2v) is 7.90. The van der Waals surface area contributed by atoms with E-state index in [1.807, 2.05) is 13.1 Å². The Bertz CT molecular complexity index is 1270. The van der Waals surface area contributed by atoms with E-state index in [4.69, 9.17) is 14.2 Å². The zero-order chi connectivity index (χ0) is 22.7. The van der Waals surface area contributed by atoms with Crippen LogP contribution in [0, 0.1) is 0 Å². The zero-order valence-corrected chi connectivity index (χ0v) is 20.0. The van der Waals surface area contributed by atoms with Crippen molar-refractivity contribution in [3.05, 3.63) is 47.5 Å². The first-order valence-electron chi connectivity index (χ1n) is 9.69. The molecule has 0 spiro atoms. The van der Waals surface area contributed by atoms with Gasteiger partial charge in [0.25, 0.3) is 0 Å². The fourth-order valence-corrected chi connectivity index (χ4v) is 3.98. The van der Waals surface area contributed by atoms with Gasteiger partial charge in [0.15, 0.2) is 0 Å². The highest BCUT2D eigenvalue weighted by Crippen LogP contribution is 2.34. The minimum absolute atomic E-state index is 0.433. The van der Waals surface area contributed by atoms with Crippen LogP contribution < -0.4 is 14.2 Å². The number of methoxy groups -OCH3 is 1. The summed E-state index contributed by atoms with van der Waals surface area (Å²) in [5.41, 5.74) is 3.11. The highest BCUT2D eigenvalue weighted by molar-refractivity contribution is 9.10. The molecule has 11 heteroatoms. The van der Waals surface area contributed by atoms with Crippen LogP contribution in [0.4, 0.5) is 0 Å². The van der Waals surface area contributed by atoms with Crippen LogP contribution in [-0.2, 0) is 7.05 Å². The second-order valence-electron chi connectivity index (χ2n) is 6.77. The van der Waals surface area contributed by atoms with Crippen LogP contribution in [0.2, 0.25) is 0 Å². The number of halogens is 1. The molecule has 0 aromatic carbocycles. The van der Waals surface area contributed by atoms with Gasteiger partial charge in [0.2, 0.25) is 11.8 Å². The third-order valence-corrected chi connectivity index (χ3v) is 5.64. The first kappa shape index (κ1) is 22.2. The molecule has 0 aliphatic heterocycles. The van der Waals surface area contributed by atoms with Crippen molar-refractivity contribution < 1.29 is 14.2 Å². The Labute approximate surface area is 198 Å². The van der Waals surface area contributed by atoms with E-state index in [2.05, 4.69) is 55.5 Å². The average Bonchev–Trinajstić information content (AvgIpc) is 3.31. The third-order valence-electron chi connectivity index (χ3n) is 4.75. The predicted octanol–water partition coefficient (Wildman–Crippen LogP) is 4.18. The number of rotatable bonds is 9. The molecule has 0 radical (unpaired) electrons. The standard InChI is InChI=1S/C21H21BrN6O3S/c1-4-13-10-25-27(2)21(13)31-7-5-6-30-18-12-24-19(29-3)9-14(18)16-8-15-17(11-23-16)28(32)26-20(15)22/h4,8-12,32H,1,5-7H2,2-3H3. The van der Waals surface area contributed by atoms with Gasteiger partial charge < -0.3 is 14.2 Å². The van der Waals surface area contributed by atoms with Gasteiger partial charge in [-0.05, 0) is 34.8 Å². The first-order valence-corrected chi connectivity index (χ1v) is 10.9. The molecule has 9 nitrogen and oxygen atoms in total. The number of ether oxygens (including phenoxy) is 3. The Balaban J connectivity index is 1.49. The Hall–Kier alpha value is -3.05. The second kappa shape index (κ2) is 9.61. The van der Waals surface area contributed by atoms with Gasteiger partial charge in [-0.1, -0.05) is 12.7 Å². The van der Waals surface area contributed by atoms with Crippen molar-refractivity contribution in [3.8, 4) is 28.8 Å². The summed E-state index contributed by atoms with van der Waals surface area (Å²) in [5.74, 6) is 1.74. The SMILES string of the molecule is C=Cc1cnn(C)c1OCCCOc1cnc(OC)cc1-c1cc2c(Br)nn(S)c2cn1. The lowest BCUT2D eigenvalue weighted by molar-refractivity contribution is 0.235. The molecule has 0 bridgehead atoms. The summed E-state index contributed by atoms with van der Waals surface area (Å²) < 4.78 is 21.0. The summed E-state index contributed by atoms with van der Waals surface area (Å²) in [6.45, 7) is 4.68. The Morgan fingerprint density at radius 2 is 1.97 bits per heavy atom. The minimum atomic E-state index is 0.433. The fraction of sp³-hybridized carbons (Fsp3) is 0.238. The highest BCUT2D eigenvalue weighted by Gasteiger charge is 2.15. The van der Waals surface area contributed by atoms with E-state index in [9.17, 15) is 0 Å². The van der Waals surface area contributed by atoms with Crippen LogP contribution in [0.15, 0.2) is 41.9 Å². The topological polar surface area (TPSA) is 89.1 Å². The number of fused-ring (bicyclic) bond motifs is 1. The lowest BCUT2D eigenvalue weighted by Gasteiger charge is -2.13. The summed E-state index contributed by atoms with van der Waals surface area (Å²) in [7, 11) is 3.39. The van der Waals surface area contributed by atoms with Crippen molar-refractivity contribution in [2.45, 2.75) is 6.42 Å². The monoisotopic (exact) mass is 516 g/mol. The number of nitrogens with zero attached hydrogens (tertiary/aromatic N) is 6. The maximum atomic E-state index is 6.02. The maximum Gasteiger partial charge on any atom is 0.218 e. The van der Waals surface area contributed by atoms with Gasteiger partial charge in [-0.3, -0.25) is 4.98 Å². The normalized spacial score (nSPS) is 11.0. The molecule has 4 heterocycles. The van der Waals surface area contributed by atoms with E-state index < -0.39 is 0 Å². The van der Waals surface area contributed by atoms with E-state index in [1.165, 1.54) is 4.09 Å². The number of aryl methyl sites for hydroxylation is 1. The van der Waals surface area contributed by atoms with Crippen LogP contribution in [0.1, 0.15) is 12.0 Å². The number of hydrogen-bond donors (Lipinski definition) is 1. The lowest BCUT2D eigenvalue weighted by atomic mass is 10.1. The van der Waals surface area contributed by atoms with E-state index in [0.717, 1.165) is 22.0 Å². The molecule has 0 N–H and O–H groups in total. The molecule has 4 rings (SSSR count). The lowest BCUT2D eigenvalue weighted by Crippen LogP contribution is -2.08. The van der Waals surface area contributed by atoms with Crippen molar-refractivity contribution in [1.82, 2.24) is 28.9 Å². The molecule has 0 aliphatic rings. The number of hydrogen-bond acceptors (Lipinski definition) is 8. The molecule has 0 saturated carbocycles. The molecule has 4 aromatic heterocycles. The van der Waals surface area contributed by atoms with Crippen molar-refractivity contribution in [2.75, 3.05) is 20.3 Å². The summed E-state index contributed by atoms with van der Waals surface area (Å²) >= 11 is 7.77. The molecule has 0 fully saturated rings. The van der Waals surface area contributed by atoms with E-state index in [0.29, 0.717) is 47.4 Å². The molecule has 0 amide bonds. The quantitative estimate of drug-likeness (QED) is 0.263. The number of aromatic nitrogens is 6. The predicted molar refractivity (Wildman–Crippen MR) is 128 cm³/mol. The van der Waals surface area contributed by atoms with Gasteiger partial charge in [-0.2, -0.15) is 10.2 Å². The fourth-order valence-electron chi connectivity index (χ4n) is 3.13. The Kier molecular flexibility index (Phi) is 6.66. The average molecular weight is 517 g/mol. The Morgan fingerprint density at radius 3 is 2.75 bits per heavy atom.